The predicted molar refractivity (Wildman–Crippen MR) is 108 cm³/mol. The monoisotopic (exact) mass is 404 g/mol. The third-order valence-electron chi connectivity index (χ3n) is 4.24. The standard InChI is InChI=1S/C20H24N2O3S2/c1-3-13-25-18-8-10-20(11-9-18)27(23,24)22(16-19-7-5-14-26-19)15-17-6-4-12-21(17)2/h4-12,14H,3,13,15-16H2,1-2H3. The molecule has 0 amide bonds. The number of nitrogens with zero attached hydrogens (tertiary/aromatic N) is 2. The van der Waals surface area contributed by atoms with Gasteiger partial charge in [-0.25, -0.2) is 8.42 Å². The van der Waals surface area contributed by atoms with Gasteiger partial charge in [0.05, 0.1) is 18.0 Å². The zero-order valence-corrected chi connectivity index (χ0v) is 17.2. The molecule has 5 nitrogen and oxygen atoms in total. The minimum atomic E-state index is -3.64. The molecule has 2 aromatic heterocycles. The molecule has 0 saturated heterocycles. The van der Waals surface area contributed by atoms with E-state index in [-0.39, 0.29) is 4.90 Å². The Kier molecular flexibility index (Phi) is 6.36. The fraction of sp³-hybridized carbons (Fsp3) is 0.300. The molecule has 0 unspecified atom stereocenters. The van der Waals surface area contributed by atoms with Gasteiger partial charge in [0.15, 0.2) is 0 Å². The van der Waals surface area contributed by atoms with E-state index in [4.69, 9.17) is 4.74 Å². The lowest BCUT2D eigenvalue weighted by molar-refractivity contribution is 0.317. The second-order valence-corrected chi connectivity index (χ2v) is 9.25. The van der Waals surface area contributed by atoms with Gasteiger partial charge in [0, 0.05) is 30.4 Å². The number of hydrogen-bond acceptors (Lipinski definition) is 4. The van der Waals surface area contributed by atoms with Crippen molar-refractivity contribution in [1.29, 1.82) is 0 Å². The van der Waals surface area contributed by atoms with Crippen LogP contribution in [0.1, 0.15) is 23.9 Å². The highest BCUT2D eigenvalue weighted by Gasteiger charge is 2.26. The number of rotatable bonds is 9. The number of benzene rings is 1. The molecule has 0 saturated carbocycles. The van der Waals surface area contributed by atoms with E-state index < -0.39 is 10.0 Å². The minimum Gasteiger partial charge on any atom is -0.494 e. The van der Waals surface area contributed by atoms with Crippen molar-refractivity contribution in [1.82, 2.24) is 8.87 Å². The Morgan fingerprint density at radius 3 is 2.44 bits per heavy atom. The van der Waals surface area contributed by atoms with Crippen LogP contribution in [0.2, 0.25) is 0 Å². The van der Waals surface area contributed by atoms with Crippen LogP contribution in [0.3, 0.4) is 0 Å². The van der Waals surface area contributed by atoms with Crippen LogP contribution in [0.15, 0.2) is 65.0 Å². The van der Waals surface area contributed by atoms with Gasteiger partial charge in [-0.2, -0.15) is 4.31 Å². The van der Waals surface area contributed by atoms with Crippen molar-refractivity contribution in [2.75, 3.05) is 6.61 Å². The summed E-state index contributed by atoms with van der Waals surface area (Å²) in [6, 6.07) is 14.4. The van der Waals surface area contributed by atoms with E-state index in [0.29, 0.717) is 25.4 Å². The highest BCUT2D eigenvalue weighted by Crippen LogP contribution is 2.24. The lowest BCUT2D eigenvalue weighted by Gasteiger charge is -2.22. The molecule has 3 aromatic rings. The molecular weight excluding hydrogens is 380 g/mol. The van der Waals surface area contributed by atoms with Crippen LogP contribution >= 0.6 is 11.3 Å². The van der Waals surface area contributed by atoms with Gasteiger partial charge in [-0.15, -0.1) is 11.3 Å². The van der Waals surface area contributed by atoms with Crippen molar-refractivity contribution in [3.63, 3.8) is 0 Å². The Balaban J connectivity index is 1.88. The quantitative estimate of drug-likeness (QED) is 0.535. The molecule has 3 rings (SSSR count). The highest BCUT2D eigenvalue weighted by atomic mass is 32.2. The third kappa shape index (κ3) is 4.80. The van der Waals surface area contributed by atoms with Crippen molar-refractivity contribution in [2.24, 2.45) is 7.05 Å². The molecule has 27 heavy (non-hydrogen) atoms. The van der Waals surface area contributed by atoms with Crippen LogP contribution in [0, 0.1) is 0 Å². The normalized spacial score (nSPS) is 11.8. The summed E-state index contributed by atoms with van der Waals surface area (Å²) in [6.07, 6.45) is 2.83. The first kappa shape index (κ1) is 19.7. The molecule has 0 radical (unpaired) electrons. The van der Waals surface area contributed by atoms with E-state index in [1.165, 1.54) is 4.31 Å². The van der Waals surface area contributed by atoms with E-state index >= 15 is 0 Å². The fourth-order valence-electron chi connectivity index (χ4n) is 2.72. The van der Waals surface area contributed by atoms with Gasteiger partial charge in [-0.05, 0) is 54.3 Å². The van der Waals surface area contributed by atoms with Crippen LogP contribution in [0.5, 0.6) is 5.75 Å². The Bertz CT molecular complexity index is 946. The Morgan fingerprint density at radius 2 is 1.85 bits per heavy atom. The van der Waals surface area contributed by atoms with Gasteiger partial charge in [-0.3, -0.25) is 0 Å². The number of hydrogen-bond donors (Lipinski definition) is 0. The lowest BCUT2D eigenvalue weighted by atomic mass is 10.3. The number of aromatic nitrogens is 1. The second kappa shape index (κ2) is 8.73. The summed E-state index contributed by atoms with van der Waals surface area (Å²) < 4.78 is 35.6. The van der Waals surface area contributed by atoms with Gasteiger partial charge in [0.1, 0.15) is 5.75 Å². The maximum Gasteiger partial charge on any atom is 0.243 e. The van der Waals surface area contributed by atoms with Gasteiger partial charge >= 0.3 is 0 Å². The molecule has 0 aliphatic rings. The zero-order chi connectivity index (χ0) is 19.3. The van der Waals surface area contributed by atoms with E-state index in [1.54, 1.807) is 35.6 Å². The summed E-state index contributed by atoms with van der Waals surface area (Å²) in [5, 5.41) is 1.96. The van der Waals surface area contributed by atoms with Gasteiger partial charge < -0.3 is 9.30 Å². The molecule has 1 aromatic carbocycles. The maximum atomic E-state index is 13.3. The molecule has 0 bridgehead atoms. The summed E-state index contributed by atoms with van der Waals surface area (Å²) in [5.41, 5.74) is 0.943. The topological polar surface area (TPSA) is 51.5 Å². The first-order valence-corrected chi connectivity index (χ1v) is 11.2. The average Bonchev–Trinajstić information content (AvgIpc) is 3.32. The Labute approximate surface area is 164 Å². The smallest absolute Gasteiger partial charge is 0.243 e. The van der Waals surface area contributed by atoms with Crippen LogP contribution in [0.25, 0.3) is 0 Å². The first-order chi connectivity index (χ1) is 13.0. The molecule has 2 heterocycles. The summed E-state index contributed by atoms with van der Waals surface area (Å²) in [7, 11) is -1.71. The molecule has 0 aliphatic carbocycles. The lowest BCUT2D eigenvalue weighted by Crippen LogP contribution is -2.30. The SMILES string of the molecule is CCCOc1ccc(S(=O)(=O)N(Cc2cccs2)Cc2cccn2C)cc1. The van der Waals surface area contributed by atoms with Crippen molar-refractivity contribution in [3.8, 4) is 5.75 Å². The van der Waals surface area contributed by atoms with Crippen LogP contribution in [-0.2, 0) is 30.2 Å². The van der Waals surface area contributed by atoms with Gasteiger partial charge in [0.25, 0.3) is 0 Å². The van der Waals surface area contributed by atoms with Crippen LogP contribution in [-0.4, -0.2) is 23.9 Å². The number of ether oxygens (including phenoxy) is 1. The average molecular weight is 405 g/mol. The van der Waals surface area contributed by atoms with Gasteiger partial charge in [-0.1, -0.05) is 13.0 Å². The van der Waals surface area contributed by atoms with Crippen LogP contribution < -0.4 is 4.74 Å². The minimum absolute atomic E-state index is 0.275. The first-order valence-electron chi connectivity index (χ1n) is 8.86. The fourth-order valence-corrected chi connectivity index (χ4v) is 4.91. The molecule has 0 fully saturated rings. The number of sulfonamides is 1. The largest absolute Gasteiger partial charge is 0.494 e. The molecule has 0 spiro atoms. The summed E-state index contributed by atoms with van der Waals surface area (Å²) in [6.45, 7) is 3.31. The molecule has 0 aliphatic heterocycles. The highest BCUT2D eigenvalue weighted by molar-refractivity contribution is 7.89. The predicted octanol–water partition coefficient (Wildman–Crippen LogP) is 4.27. The molecule has 0 N–H and O–H groups in total. The third-order valence-corrected chi connectivity index (χ3v) is 6.90. The zero-order valence-electron chi connectivity index (χ0n) is 15.5. The Morgan fingerprint density at radius 1 is 1.07 bits per heavy atom. The van der Waals surface area contributed by atoms with E-state index in [1.807, 2.05) is 54.4 Å². The van der Waals surface area contributed by atoms with E-state index in [0.717, 1.165) is 17.0 Å². The molecule has 7 heteroatoms. The molecule has 144 valence electrons. The molecule has 0 atom stereocenters. The van der Waals surface area contributed by atoms with Crippen LogP contribution in [0.4, 0.5) is 0 Å². The summed E-state index contributed by atoms with van der Waals surface area (Å²) in [5.74, 6) is 0.683. The summed E-state index contributed by atoms with van der Waals surface area (Å²) >= 11 is 1.56. The van der Waals surface area contributed by atoms with Crippen molar-refractivity contribution >= 4 is 21.4 Å². The van der Waals surface area contributed by atoms with E-state index in [2.05, 4.69) is 0 Å². The van der Waals surface area contributed by atoms with Gasteiger partial charge in [0.2, 0.25) is 10.0 Å². The van der Waals surface area contributed by atoms with Crippen molar-refractivity contribution < 1.29 is 13.2 Å². The van der Waals surface area contributed by atoms with E-state index in [9.17, 15) is 8.42 Å². The second-order valence-electron chi connectivity index (χ2n) is 6.28. The molecular formula is C20H24N2O3S2. The Hall–Kier alpha value is -2.09. The maximum absolute atomic E-state index is 13.3. The number of thiophene rings is 1. The summed E-state index contributed by atoms with van der Waals surface area (Å²) in [4.78, 5) is 1.28. The van der Waals surface area contributed by atoms with Crippen molar-refractivity contribution in [2.45, 2.75) is 31.3 Å². The van der Waals surface area contributed by atoms with Crippen molar-refractivity contribution in [3.05, 3.63) is 70.7 Å². The number of aryl methyl sites for hydroxylation is 1.